The highest BCUT2D eigenvalue weighted by atomic mass is 16.5. The molecule has 1 fully saturated rings. The number of amides is 1. The lowest BCUT2D eigenvalue weighted by molar-refractivity contribution is -0.150. The molecule has 0 radical (unpaired) electrons. The molecule has 22 heavy (non-hydrogen) atoms. The van der Waals surface area contributed by atoms with E-state index in [0.717, 1.165) is 32.5 Å². The summed E-state index contributed by atoms with van der Waals surface area (Å²) in [5.74, 6) is 0.253. The largest absolute Gasteiger partial charge is 0.380 e. The van der Waals surface area contributed by atoms with E-state index in [1.54, 1.807) is 0 Å². The van der Waals surface area contributed by atoms with Gasteiger partial charge in [0.25, 0.3) is 0 Å². The smallest absolute Gasteiger partial charge is 0.231 e. The minimum atomic E-state index is -0.341. The second-order valence-corrected chi connectivity index (χ2v) is 6.79. The van der Waals surface area contributed by atoms with E-state index >= 15 is 0 Å². The summed E-state index contributed by atoms with van der Waals surface area (Å²) in [5.41, 5.74) is 2.17. The lowest BCUT2D eigenvalue weighted by atomic mass is 9.83. The molecule has 2 aliphatic rings. The standard InChI is InChI=1S/C18H22N2O2/c1-18(7-4-10-22-13-18)17(21)19-8-9-20-15(12-19)11-14-5-2-3-6-16(14)20/h2-3,5-6,11H,4,7-10,12-13H2,1H3. The molecule has 2 aromatic rings. The number of ether oxygens (including phenoxy) is 1. The van der Waals surface area contributed by atoms with Crippen molar-refractivity contribution in [3.05, 3.63) is 36.0 Å². The molecular formula is C18H22N2O2. The number of fused-ring (bicyclic) bond motifs is 3. The Kier molecular flexibility index (Phi) is 3.22. The Morgan fingerprint density at radius 3 is 2.95 bits per heavy atom. The number of nitrogens with zero attached hydrogens (tertiary/aromatic N) is 2. The third kappa shape index (κ3) is 2.13. The van der Waals surface area contributed by atoms with E-state index in [0.29, 0.717) is 13.2 Å². The van der Waals surface area contributed by atoms with Crippen molar-refractivity contribution >= 4 is 16.8 Å². The van der Waals surface area contributed by atoms with E-state index in [9.17, 15) is 4.79 Å². The quantitative estimate of drug-likeness (QED) is 0.811. The summed E-state index contributed by atoms with van der Waals surface area (Å²) in [6.45, 7) is 5.79. The van der Waals surface area contributed by atoms with Gasteiger partial charge in [-0.05, 0) is 37.3 Å². The Bertz CT molecular complexity index is 713. The van der Waals surface area contributed by atoms with Gasteiger partial charge in [-0.25, -0.2) is 0 Å². The Morgan fingerprint density at radius 2 is 2.14 bits per heavy atom. The van der Waals surface area contributed by atoms with E-state index in [-0.39, 0.29) is 11.3 Å². The monoisotopic (exact) mass is 298 g/mol. The Hall–Kier alpha value is -1.81. The van der Waals surface area contributed by atoms with Gasteiger partial charge in [-0.15, -0.1) is 0 Å². The maximum atomic E-state index is 12.9. The van der Waals surface area contributed by atoms with Crippen LogP contribution in [0.2, 0.25) is 0 Å². The number of aromatic nitrogens is 1. The van der Waals surface area contributed by atoms with Gasteiger partial charge >= 0.3 is 0 Å². The zero-order valence-corrected chi connectivity index (χ0v) is 13.0. The minimum absolute atomic E-state index is 0.253. The first-order valence-electron chi connectivity index (χ1n) is 8.12. The van der Waals surface area contributed by atoms with Crippen molar-refractivity contribution in [2.45, 2.75) is 32.9 Å². The number of para-hydroxylation sites is 1. The van der Waals surface area contributed by atoms with Gasteiger partial charge in [0.05, 0.1) is 18.6 Å². The topological polar surface area (TPSA) is 34.5 Å². The highest BCUT2D eigenvalue weighted by Crippen LogP contribution is 2.32. The van der Waals surface area contributed by atoms with Gasteiger partial charge in [0.15, 0.2) is 0 Å². The van der Waals surface area contributed by atoms with Gasteiger partial charge in [0.1, 0.15) is 0 Å². The average molecular weight is 298 g/mol. The Morgan fingerprint density at radius 1 is 1.27 bits per heavy atom. The number of carbonyl (C=O) groups is 1. The second-order valence-electron chi connectivity index (χ2n) is 6.79. The fourth-order valence-electron chi connectivity index (χ4n) is 3.82. The summed E-state index contributed by atoms with van der Waals surface area (Å²) in [4.78, 5) is 15.0. The van der Waals surface area contributed by atoms with Crippen LogP contribution in [0, 0.1) is 5.41 Å². The molecule has 1 unspecified atom stereocenters. The SMILES string of the molecule is CC1(C(=O)N2CCn3c(cc4ccccc43)C2)CCCOC1. The molecule has 1 aromatic carbocycles. The molecule has 116 valence electrons. The molecule has 0 bridgehead atoms. The summed E-state index contributed by atoms with van der Waals surface area (Å²) in [7, 11) is 0. The van der Waals surface area contributed by atoms with Crippen LogP contribution >= 0.6 is 0 Å². The second kappa shape index (κ2) is 5.13. The minimum Gasteiger partial charge on any atom is -0.380 e. The van der Waals surface area contributed by atoms with Crippen LogP contribution in [0.25, 0.3) is 10.9 Å². The fourth-order valence-corrected chi connectivity index (χ4v) is 3.82. The average Bonchev–Trinajstić information content (AvgIpc) is 2.92. The third-order valence-corrected chi connectivity index (χ3v) is 5.08. The predicted octanol–water partition coefficient (Wildman–Crippen LogP) is 2.80. The first kappa shape index (κ1) is 13.8. The Labute approximate surface area is 130 Å². The lowest BCUT2D eigenvalue weighted by Gasteiger charge is -2.38. The molecule has 4 heteroatoms. The number of benzene rings is 1. The first-order chi connectivity index (χ1) is 10.7. The molecule has 3 heterocycles. The van der Waals surface area contributed by atoms with E-state index < -0.39 is 0 Å². The van der Waals surface area contributed by atoms with Crippen LogP contribution in [0.3, 0.4) is 0 Å². The summed E-state index contributed by atoms with van der Waals surface area (Å²) in [6.07, 6.45) is 1.92. The van der Waals surface area contributed by atoms with E-state index in [2.05, 4.69) is 41.8 Å². The van der Waals surface area contributed by atoms with Crippen molar-refractivity contribution in [2.75, 3.05) is 19.8 Å². The predicted molar refractivity (Wildman–Crippen MR) is 85.5 cm³/mol. The molecule has 0 aliphatic carbocycles. The Balaban J connectivity index is 1.60. The number of hydrogen-bond donors (Lipinski definition) is 0. The van der Waals surface area contributed by atoms with Crippen molar-refractivity contribution in [1.29, 1.82) is 0 Å². The van der Waals surface area contributed by atoms with Gasteiger partial charge in [-0.3, -0.25) is 4.79 Å². The van der Waals surface area contributed by atoms with Crippen LogP contribution in [-0.2, 0) is 22.6 Å². The molecule has 4 nitrogen and oxygen atoms in total. The number of carbonyl (C=O) groups excluding carboxylic acids is 1. The van der Waals surface area contributed by atoms with E-state index in [1.165, 1.54) is 16.6 Å². The van der Waals surface area contributed by atoms with Crippen molar-refractivity contribution in [3.8, 4) is 0 Å². The van der Waals surface area contributed by atoms with Crippen molar-refractivity contribution in [3.63, 3.8) is 0 Å². The molecule has 1 amide bonds. The van der Waals surface area contributed by atoms with Gasteiger partial charge < -0.3 is 14.2 Å². The summed E-state index contributed by atoms with van der Waals surface area (Å²) in [6, 6.07) is 10.7. The zero-order chi connectivity index (χ0) is 15.2. The molecule has 4 rings (SSSR count). The van der Waals surface area contributed by atoms with Gasteiger partial charge in [-0.2, -0.15) is 0 Å². The molecule has 0 N–H and O–H groups in total. The van der Waals surface area contributed by atoms with Crippen LogP contribution in [0.4, 0.5) is 0 Å². The summed E-state index contributed by atoms with van der Waals surface area (Å²) >= 11 is 0. The van der Waals surface area contributed by atoms with Crippen molar-refractivity contribution in [2.24, 2.45) is 5.41 Å². The summed E-state index contributed by atoms with van der Waals surface area (Å²) in [5, 5.41) is 1.26. The van der Waals surface area contributed by atoms with Crippen LogP contribution in [0.1, 0.15) is 25.5 Å². The normalized spacial score (nSPS) is 25.2. The van der Waals surface area contributed by atoms with Gasteiger partial charge in [0, 0.05) is 30.9 Å². The third-order valence-electron chi connectivity index (χ3n) is 5.08. The van der Waals surface area contributed by atoms with E-state index in [4.69, 9.17) is 4.74 Å². The number of hydrogen-bond acceptors (Lipinski definition) is 2. The maximum absolute atomic E-state index is 12.9. The van der Waals surface area contributed by atoms with Crippen LogP contribution < -0.4 is 0 Å². The molecule has 1 saturated heterocycles. The van der Waals surface area contributed by atoms with Crippen molar-refractivity contribution in [1.82, 2.24) is 9.47 Å². The molecule has 0 saturated carbocycles. The molecule has 1 atom stereocenters. The van der Waals surface area contributed by atoms with Crippen LogP contribution in [-0.4, -0.2) is 35.1 Å². The van der Waals surface area contributed by atoms with Gasteiger partial charge in [0.2, 0.25) is 5.91 Å². The van der Waals surface area contributed by atoms with E-state index in [1.807, 2.05) is 4.90 Å². The number of rotatable bonds is 1. The highest BCUT2D eigenvalue weighted by molar-refractivity contribution is 5.84. The summed E-state index contributed by atoms with van der Waals surface area (Å²) < 4.78 is 7.91. The lowest BCUT2D eigenvalue weighted by Crippen LogP contribution is -2.49. The van der Waals surface area contributed by atoms with Crippen LogP contribution in [0.5, 0.6) is 0 Å². The van der Waals surface area contributed by atoms with Gasteiger partial charge in [-0.1, -0.05) is 18.2 Å². The first-order valence-corrected chi connectivity index (χ1v) is 8.12. The molecule has 2 aliphatic heterocycles. The fraction of sp³-hybridized carbons (Fsp3) is 0.500. The van der Waals surface area contributed by atoms with Crippen LogP contribution in [0.15, 0.2) is 30.3 Å². The highest BCUT2D eigenvalue weighted by Gasteiger charge is 2.39. The maximum Gasteiger partial charge on any atom is 0.231 e. The molecule has 0 spiro atoms. The molecule has 1 aromatic heterocycles. The molecular weight excluding hydrogens is 276 g/mol. The van der Waals surface area contributed by atoms with Crippen molar-refractivity contribution < 1.29 is 9.53 Å². The zero-order valence-electron chi connectivity index (χ0n) is 13.0.